The molecule has 4 N–H and O–H groups in total. The highest BCUT2D eigenvalue weighted by Crippen LogP contribution is 2.04. The van der Waals surface area contributed by atoms with Gasteiger partial charge in [-0.3, -0.25) is 9.59 Å². The van der Waals surface area contributed by atoms with Crippen LogP contribution in [-0.2, 0) is 28.7 Å². The molecule has 0 atom stereocenters. The maximum atomic E-state index is 10.0. The first kappa shape index (κ1) is 25.9. The molecule has 0 aliphatic heterocycles. The Kier molecular flexibility index (Phi) is 13.8. The summed E-state index contributed by atoms with van der Waals surface area (Å²) in [6.45, 7) is 3.56. The molecule has 10 heteroatoms. The summed E-state index contributed by atoms with van der Waals surface area (Å²) < 4.78 is 8.38. The van der Waals surface area contributed by atoms with Gasteiger partial charge in [0, 0.05) is 6.20 Å². The maximum absolute atomic E-state index is 10.0. The molecule has 0 unspecified atom stereocenters. The zero-order chi connectivity index (χ0) is 22.8. The number of aromatic nitrogens is 2. The minimum atomic E-state index is -1.05. The second kappa shape index (κ2) is 15.9. The van der Waals surface area contributed by atoms with Crippen LogP contribution in [0.1, 0.15) is 25.1 Å². The van der Waals surface area contributed by atoms with Crippen LogP contribution < -0.4 is 11.5 Å². The molecule has 2 rings (SSSR count). The Bertz CT molecular complexity index is 756. The number of carbonyl (C=O) groups is 4. The van der Waals surface area contributed by atoms with E-state index in [9.17, 15) is 19.2 Å². The number of carbonyl (C=O) groups excluding carboxylic acids is 4. The van der Waals surface area contributed by atoms with E-state index < -0.39 is 23.8 Å². The van der Waals surface area contributed by atoms with Crippen molar-refractivity contribution in [1.29, 1.82) is 0 Å². The van der Waals surface area contributed by atoms with Crippen LogP contribution >= 0.6 is 0 Å². The lowest BCUT2D eigenvalue weighted by molar-refractivity contribution is -0.153. The molecule has 0 spiro atoms. The van der Waals surface area contributed by atoms with E-state index in [-0.39, 0.29) is 13.2 Å². The maximum Gasteiger partial charge on any atom is 0.396 e. The lowest BCUT2D eigenvalue weighted by Gasteiger charge is -1.92. The van der Waals surface area contributed by atoms with Crippen molar-refractivity contribution in [3.05, 3.63) is 60.2 Å². The van der Waals surface area contributed by atoms with Gasteiger partial charge >= 0.3 is 23.8 Å². The van der Waals surface area contributed by atoms with Crippen LogP contribution in [0.4, 0.5) is 0 Å². The normalized spacial score (nSPS) is 9.27. The van der Waals surface area contributed by atoms with Gasteiger partial charge in [0.25, 0.3) is 0 Å². The highest BCUT2D eigenvalue weighted by molar-refractivity contribution is 6.32. The first-order valence-electron chi connectivity index (χ1n) is 8.74. The van der Waals surface area contributed by atoms with E-state index in [0.717, 1.165) is 5.69 Å². The number of amides is 2. The molecule has 160 valence electrons. The number of hydrogen-bond donors (Lipinski definition) is 2. The number of benzene rings is 1. The Morgan fingerprint density at radius 1 is 0.867 bits per heavy atom. The Hall–Kier alpha value is -4.08. The predicted octanol–water partition coefficient (Wildman–Crippen LogP) is 0.717. The molecule has 2 amide bonds. The van der Waals surface area contributed by atoms with Gasteiger partial charge < -0.3 is 20.9 Å². The van der Waals surface area contributed by atoms with E-state index in [1.165, 1.54) is 5.56 Å². The van der Waals surface area contributed by atoms with E-state index in [2.05, 4.69) is 43.0 Å². The zero-order valence-electron chi connectivity index (χ0n) is 16.7. The molecule has 2 aromatic rings. The number of ether oxygens (including phenoxy) is 2. The number of primary amides is 2. The smallest absolute Gasteiger partial charge is 0.396 e. The van der Waals surface area contributed by atoms with Crippen LogP contribution in [-0.4, -0.2) is 46.9 Å². The average Bonchev–Trinajstić information content (AvgIpc) is 2.75. The summed E-state index contributed by atoms with van der Waals surface area (Å²) in [7, 11) is 0. The van der Waals surface area contributed by atoms with Gasteiger partial charge in [-0.25, -0.2) is 19.6 Å². The Labute approximate surface area is 173 Å². The number of esters is 2. The second-order valence-corrected chi connectivity index (χ2v) is 5.05. The molecule has 0 aliphatic rings. The number of rotatable bonds is 4. The predicted molar refractivity (Wildman–Crippen MR) is 109 cm³/mol. The molecule has 10 nitrogen and oxygen atoms in total. The van der Waals surface area contributed by atoms with Gasteiger partial charge in [0.2, 0.25) is 0 Å². The van der Waals surface area contributed by atoms with Crippen molar-refractivity contribution in [3.8, 4) is 0 Å². The summed E-state index contributed by atoms with van der Waals surface area (Å²) >= 11 is 0. The van der Waals surface area contributed by atoms with Gasteiger partial charge in [-0.15, -0.1) is 0 Å². The van der Waals surface area contributed by atoms with Crippen molar-refractivity contribution in [2.45, 2.75) is 13.8 Å². The molecule has 1 aromatic carbocycles. The Morgan fingerprint density at radius 3 is 1.77 bits per heavy atom. The zero-order valence-corrected chi connectivity index (χ0v) is 16.7. The van der Waals surface area contributed by atoms with Gasteiger partial charge in [-0.1, -0.05) is 36.4 Å². The minimum absolute atomic E-state index is 0.182. The fraction of sp³-hybridized carbons (Fsp3) is 0.200. The second-order valence-electron chi connectivity index (χ2n) is 5.05. The molecule has 30 heavy (non-hydrogen) atoms. The fourth-order valence-electron chi connectivity index (χ4n) is 1.55. The van der Waals surface area contributed by atoms with Crippen LogP contribution in [0.3, 0.4) is 0 Å². The van der Waals surface area contributed by atoms with E-state index in [0.29, 0.717) is 0 Å². The first-order chi connectivity index (χ1) is 14.3. The van der Waals surface area contributed by atoms with Crippen LogP contribution in [0.2, 0.25) is 0 Å². The van der Waals surface area contributed by atoms with Crippen molar-refractivity contribution in [2.75, 3.05) is 13.2 Å². The number of nitrogens with two attached hydrogens (primary N) is 2. The van der Waals surface area contributed by atoms with E-state index in [1.807, 2.05) is 36.4 Å². The first-order valence-corrected chi connectivity index (χ1v) is 8.74. The number of hydrogen-bond acceptors (Lipinski definition) is 8. The third-order valence-electron chi connectivity index (χ3n) is 2.80. The highest BCUT2D eigenvalue weighted by atomic mass is 16.5. The summed E-state index contributed by atoms with van der Waals surface area (Å²) in [5, 5.41) is 0. The molecular weight excluding hydrogens is 392 g/mol. The van der Waals surface area contributed by atoms with Crippen LogP contribution in [0.15, 0.2) is 48.9 Å². The summed E-state index contributed by atoms with van der Waals surface area (Å²) in [4.78, 5) is 47.7. The molecule has 0 radical (unpaired) electrons. The summed E-state index contributed by atoms with van der Waals surface area (Å²) in [5.41, 5.74) is 11.1. The standard InChI is InChI=1S/C12H10N2.2C4H7NO3/c1-2-4-11(5-3-1)6-7-12-8-9-13-10-14-12;2*1-2-8-4(7)3(5)6/h1-10H;2*2H2,1H3,(H2,5,6). The molecule has 0 saturated heterocycles. The van der Waals surface area contributed by atoms with Gasteiger partial charge in [-0.2, -0.15) is 0 Å². The van der Waals surface area contributed by atoms with Crippen LogP contribution in [0, 0.1) is 0 Å². The monoisotopic (exact) mass is 416 g/mol. The lowest BCUT2D eigenvalue weighted by Crippen LogP contribution is -2.25. The largest absolute Gasteiger partial charge is 0.459 e. The van der Waals surface area contributed by atoms with Crippen LogP contribution in [0.25, 0.3) is 12.2 Å². The minimum Gasteiger partial charge on any atom is -0.459 e. The summed E-state index contributed by atoms with van der Waals surface area (Å²) in [5.74, 6) is -4.06. The van der Waals surface area contributed by atoms with Gasteiger partial charge in [0.15, 0.2) is 0 Å². The van der Waals surface area contributed by atoms with Crippen molar-refractivity contribution in [2.24, 2.45) is 11.5 Å². The van der Waals surface area contributed by atoms with E-state index in [1.54, 1.807) is 26.4 Å². The Morgan fingerprint density at radius 2 is 1.40 bits per heavy atom. The molecule has 0 aliphatic carbocycles. The third-order valence-corrected chi connectivity index (χ3v) is 2.80. The van der Waals surface area contributed by atoms with E-state index >= 15 is 0 Å². The average molecular weight is 416 g/mol. The van der Waals surface area contributed by atoms with Crippen molar-refractivity contribution in [1.82, 2.24) is 9.97 Å². The quantitative estimate of drug-likeness (QED) is 0.543. The Balaban J connectivity index is 0.000000456. The van der Waals surface area contributed by atoms with E-state index in [4.69, 9.17) is 0 Å². The fourth-order valence-corrected chi connectivity index (χ4v) is 1.55. The number of nitrogens with zero attached hydrogens (tertiary/aromatic N) is 2. The van der Waals surface area contributed by atoms with Crippen molar-refractivity contribution in [3.63, 3.8) is 0 Å². The van der Waals surface area contributed by atoms with Gasteiger partial charge in [0.05, 0.1) is 18.9 Å². The highest BCUT2D eigenvalue weighted by Gasteiger charge is 2.07. The molecule has 0 saturated carbocycles. The third kappa shape index (κ3) is 13.1. The topological polar surface area (TPSA) is 165 Å². The van der Waals surface area contributed by atoms with Gasteiger partial charge in [-0.05, 0) is 31.6 Å². The van der Waals surface area contributed by atoms with Gasteiger partial charge in [0.1, 0.15) is 6.33 Å². The SMILES string of the molecule is C(=Cc1ccncn1)c1ccccc1.CCOC(=O)C(N)=O.CCOC(=O)C(N)=O. The van der Waals surface area contributed by atoms with Crippen molar-refractivity contribution >= 4 is 35.9 Å². The lowest BCUT2D eigenvalue weighted by atomic mass is 10.2. The molecule has 0 bridgehead atoms. The summed E-state index contributed by atoms with van der Waals surface area (Å²) in [6, 6.07) is 12.0. The molecule has 1 aromatic heterocycles. The van der Waals surface area contributed by atoms with Crippen molar-refractivity contribution < 1.29 is 28.7 Å². The molecule has 1 heterocycles. The molecule has 0 fully saturated rings. The summed E-state index contributed by atoms with van der Waals surface area (Å²) in [6.07, 6.45) is 7.28. The molecular formula is C20H24N4O6. The van der Waals surface area contributed by atoms with Crippen LogP contribution in [0.5, 0.6) is 0 Å².